The van der Waals surface area contributed by atoms with Crippen LogP contribution in [0.4, 0.5) is 5.69 Å². The summed E-state index contributed by atoms with van der Waals surface area (Å²) in [6.07, 6.45) is 1.59. The molecule has 0 saturated carbocycles. The molecule has 0 heterocycles. The van der Waals surface area contributed by atoms with Crippen molar-refractivity contribution in [3.8, 4) is 5.75 Å². The van der Waals surface area contributed by atoms with Gasteiger partial charge < -0.3 is 10.1 Å². The predicted molar refractivity (Wildman–Crippen MR) is 76.5 cm³/mol. The number of nitro benzene ring substituents is 1. The average Bonchev–Trinajstić information content (AvgIpc) is 2.42. The molecule has 6 nitrogen and oxygen atoms in total. The Bertz CT molecular complexity index is 491. The molecule has 0 aliphatic rings. The summed E-state index contributed by atoms with van der Waals surface area (Å²) in [4.78, 5) is 22.1. The van der Waals surface area contributed by atoms with E-state index in [1.54, 1.807) is 0 Å². The van der Waals surface area contributed by atoms with Gasteiger partial charge >= 0.3 is 5.69 Å². The van der Waals surface area contributed by atoms with Gasteiger partial charge in [0.1, 0.15) is 0 Å². The summed E-state index contributed by atoms with van der Waals surface area (Å²) < 4.78 is 4.92. The average molecular weight is 301 g/mol. The Balaban J connectivity index is 2.67. The highest BCUT2D eigenvalue weighted by molar-refractivity contribution is 6.20. The molecule has 7 heteroatoms. The number of nitro groups is 1. The molecule has 1 rings (SSSR count). The molecule has 0 bridgehead atoms. The Morgan fingerprint density at radius 2 is 2.25 bits per heavy atom. The van der Waals surface area contributed by atoms with Gasteiger partial charge in [-0.2, -0.15) is 0 Å². The lowest BCUT2D eigenvalue weighted by Crippen LogP contribution is -2.24. The van der Waals surface area contributed by atoms with Crippen LogP contribution in [0.3, 0.4) is 0 Å². The second kappa shape index (κ2) is 7.69. The predicted octanol–water partition coefficient (Wildman–Crippen LogP) is 2.74. The van der Waals surface area contributed by atoms with E-state index in [0.717, 1.165) is 12.8 Å². The van der Waals surface area contributed by atoms with E-state index in [0.29, 0.717) is 12.1 Å². The Hall–Kier alpha value is -1.82. The van der Waals surface area contributed by atoms with Crippen LogP contribution in [0.1, 0.15) is 30.1 Å². The van der Waals surface area contributed by atoms with E-state index in [4.69, 9.17) is 16.3 Å². The molecule has 0 aromatic heterocycles. The molecule has 20 heavy (non-hydrogen) atoms. The van der Waals surface area contributed by atoms with Crippen molar-refractivity contribution in [3.05, 3.63) is 33.9 Å². The fourth-order valence-corrected chi connectivity index (χ4v) is 1.81. The number of nitrogens with zero attached hydrogens (tertiary/aromatic N) is 1. The molecule has 1 aromatic carbocycles. The van der Waals surface area contributed by atoms with Gasteiger partial charge in [0.15, 0.2) is 5.75 Å². The van der Waals surface area contributed by atoms with Crippen LogP contribution in [-0.2, 0) is 0 Å². The molecule has 0 spiro atoms. The van der Waals surface area contributed by atoms with Crippen molar-refractivity contribution in [2.24, 2.45) is 0 Å². The maximum absolute atomic E-state index is 11.9. The molecule has 1 N–H and O–H groups in total. The number of amides is 1. The monoisotopic (exact) mass is 300 g/mol. The maximum atomic E-state index is 11.9. The lowest BCUT2D eigenvalue weighted by atomic mass is 10.1. The van der Waals surface area contributed by atoms with E-state index in [1.807, 2.05) is 6.92 Å². The summed E-state index contributed by atoms with van der Waals surface area (Å²) in [6.45, 7) is 2.40. The third kappa shape index (κ3) is 4.70. The molecular weight excluding hydrogens is 284 g/mol. The van der Waals surface area contributed by atoms with Crippen molar-refractivity contribution in [2.75, 3.05) is 13.7 Å². The third-order valence-corrected chi connectivity index (χ3v) is 2.92. The first-order valence-electron chi connectivity index (χ1n) is 6.20. The lowest BCUT2D eigenvalue weighted by molar-refractivity contribution is -0.385. The van der Waals surface area contributed by atoms with Gasteiger partial charge in [0.2, 0.25) is 0 Å². The van der Waals surface area contributed by atoms with Crippen LogP contribution < -0.4 is 10.1 Å². The first-order valence-corrected chi connectivity index (χ1v) is 6.64. The minimum atomic E-state index is -0.553. The number of methoxy groups -OCH3 is 1. The minimum absolute atomic E-state index is 0.0667. The van der Waals surface area contributed by atoms with Gasteiger partial charge in [-0.3, -0.25) is 14.9 Å². The zero-order valence-electron chi connectivity index (χ0n) is 11.4. The minimum Gasteiger partial charge on any atom is -0.490 e. The number of carbonyl (C=O) groups is 1. The van der Waals surface area contributed by atoms with E-state index in [-0.39, 0.29) is 22.7 Å². The summed E-state index contributed by atoms with van der Waals surface area (Å²) in [5.74, 6) is -0.225. The smallest absolute Gasteiger partial charge is 0.310 e. The topological polar surface area (TPSA) is 81.5 Å². The Morgan fingerprint density at radius 3 is 2.80 bits per heavy atom. The van der Waals surface area contributed by atoms with Crippen molar-refractivity contribution in [1.82, 2.24) is 5.32 Å². The van der Waals surface area contributed by atoms with Crippen LogP contribution in [0.15, 0.2) is 18.2 Å². The number of halogens is 1. The zero-order chi connectivity index (χ0) is 15.1. The third-order valence-electron chi connectivity index (χ3n) is 2.70. The maximum Gasteiger partial charge on any atom is 0.310 e. The van der Waals surface area contributed by atoms with Crippen molar-refractivity contribution in [1.29, 1.82) is 0 Å². The molecule has 110 valence electrons. The summed E-state index contributed by atoms with van der Waals surface area (Å²) in [7, 11) is 1.33. The van der Waals surface area contributed by atoms with Crippen LogP contribution in [0.25, 0.3) is 0 Å². The van der Waals surface area contributed by atoms with Crippen LogP contribution in [0.2, 0.25) is 0 Å². The molecule has 0 saturated heterocycles. The number of hydrogen-bond donors (Lipinski definition) is 1. The molecule has 1 aromatic rings. The summed E-state index contributed by atoms with van der Waals surface area (Å²) >= 11 is 5.80. The standard InChI is InChI=1S/C13H17ClN2O4/c1-9(14)4-3-7-15-13(17)10-5-6-11(16(18)19)12(8-10)20-2/h5-6,8-9H,3-4,7H2,1-2H3,(H,15,17). The van der Waals surface area contributed by atoms with Gasteiger partial charge in [-0.25, -0.2) is 0 Å². The first kappa shape index (κ1) is 16.2. The van der Waals surface area contributed by atoms with Gasteiger partial charge in [-0.1, -0.05) is 0 Å². The molecule has 1 atom stereocenters. The van der Waals surface area contributed by atoms with Crippen LogP contribution in [0, 0.1) is 10.1 Å². The Kier molecular flexibility index (Phi) is 6.24. The number of alkyl halides is 1. The Morgan fingerprint density at radius 1 is 1.55 bits per heavy atom. The van der Waals surface area contributed by atoms with E-state index >= 15 is 0 Å². The van der Waals surface area contributed by atoms with Gasteiger partial charge in [0, 0.05) is 29.6 Å². The fraction of sp³-hybridized carbons (Fsp3) is 0.462. The van der Waals surface area contributed by atoms with E-state index in [9.17, 15) is 14.9 Å². The second-order valence-electron chi connectivity index (χ2n) is 4.32. The number of nitrogens with one attached hydrogen (secondary N) is 1. The van der Waals surface area contributed by atoms with Crippen LogP contribution in [-0.4, -0.2) is 29.9 Å². The molecule has 0 aliphatic carbocycles. The van der Waals surface area contributed by atoms with E-state index in [2.05, 4.69) is 5.32 Å². The van der Waals surface area contributed by atoms with Gasteiger partial charge in [-0.05, 0) is 25.8 Å². The number of rotatable bonds is 7. The van der Waals surface area contributed by atoms with Crippen LogP contribution >= 0.6 is 11.6 Å². The normalized spacial score (nSPS) is 11.8. The van der Waals surface area contributed by atoms with E-state index in [1.165, 1.54) is 25.3 Å². The molecule has 0 aliphatic heterocycles. The highest BCUT2D eigenvalue weighted by atomic mass is 35.5. The van der Waals surface area contributed by atoms with Gasteiger partial charge in [0.05, 0.1) is 12.0 Å². The first-order chi connectivity index (χ1) is 9.45. The molecular formula is C13H17ClN2O4. The highest BCUT2D eigenvalue weighted by Gasteiger charge is 2.17. The largest absolute Gasteiger partial charge is 0.490 e. The van der Waals surface area contributed by atoms with Gasteiger partial charge in [-0.15, -0.1) is 11.6 Å². The van der Waals surface area contributed by atoms with Crippen molar-refractivity contribution >= 4 is 23.2 Å². The molecule has 1 amide bonds. The van der Waals surface area contributed by atoms with E-state index < -0.39 is 4.92 Å². The lowest BCUT2D eigenvalue weighted by Gasteiger charge is -2.07. The number of benzene rings is 1. The quantitative estimate of drug-likeness (QED) is 0.363. The number of hydrogen-bond acceptors (Lipinski definition) is 4. The van der Waals surface area contributed by atoms with Crippen molar-refractivity contribution in [2.45, 2.75) is 25.1 Å². The second-order valence-corrected chi connectivity index (χ2v) is 5.07. The van der Waals surface area contributed by atoms with Crippen molar-refractivity contribution in [3.63, 3.8) is 0 Å². The SMILES string of the molecule is COc1cc(C(=O)NCCCC(C)Cl)ccc1[N+](=O)[O-]. The fourth-order valence-electron chi connectivity index (χ4n) is 1.66. The molecule has 1 unspecified atom stereocenters. The summed E-state index contributed by atoms with van der Waals surface area (Å²) in [6, 6.07) is 4.02. The zero-order valence-corrected chi connectivity index (χ0v) is 12.1. The van der Waals surface area contributed by atoms with Crippen molar-refractivity contribution < 1.29 is 14.5 Å². The summed E-state index contributed by atoms with van der Waals surface area (Å²) in [5, 5.41) is 13.6. The molecule has 0 fully saturated rings. The number of carbonyl (C=O) groups excluding carboxylic acids is 1. The number of ether oxygens (including phenoxy) is 1. The highest BCUT2D eigenvalue weighted by Crippen LogP contribution is 2.27. The van der Waals surface area contributed by atoms with Crippen LogP contribution in [0.5, 0.6) is 5.75 Å². The van der Waals surface area contributed by atoms with Gasteiger partial charge in [0.25, 0.3) is 5.91 Å². The summed E-state index contributed by atoms with van der Waals surface area (Å²) in [5.41, 5.74) is 0.159. The molecule has 0 radical (unpaired) electrons. The Labute approximate surface area is 122 Å².